The van der Waals surface area contributed by atoms with Crippen LogP contribution in [0.2, 0.25) is 0 Å². The Morgan fingerprint density at radius 3 is 2.41 bits per heavy atom. The van der Waals surface area contributed by atoms with E-state index in [2.05, 4.69) is 21.3 Å². The first-order valence-corrected chi connectivity index (χ1v) is 12.9. The van der Waals surface area contributed by atoms with Crippen molar-refractivity contribution >= 4 is 35.3 Å². The second kappa shape index (κ2) is 13.7. The lowest BCUT2D eigenvalue weighted by molar-refractivity contribution is -0.138. The van der Waals surface area contributed by atoms with Gasteiger partial charge in [0.25, 0.3) is 5.91 Å². The molecule has 2 atom stereocenters. The van der Waals surface area contributed by atoms with Gasteiger partial charge in [-0.3, -0.25) is 24.0 Å². The summed E-state index contributed by atoms with van der Waals surface area (Å²) < 4.78 is 0. The molecule has 0 bridgehead atoms. The van der Waals surface area contributed by atoms with Crippen molar-refractivity contribution in [3.05, 3.63) is 29.8 Å². The van der Waals surface area contributed by atoms with Crippen LogP contribution in [0.4, 0.5) is 5.69 Å². The number of anilines is 1. The lowest BCUT2D eigenvalue weighted by Gasteiger charge is -2.33. The molecule has 11 nitrogen and oxygen atoms in total. The van der Waals surface area contributed by atoms with E-state index in [1.807, 2.05) is 0 Å². The average molecular weight is 516 g/mol. The van der Waals surface area contributed by atoms with Gasteiger partial charge in [0.2, 0.25) is 17.7 Å². The molecule has 4 amide bonds. The van der Waals surface area contributed by atoms with Gasteiger partial charge in [-0.1, -0.05) is 0 Å². The number of piperidine rings is 2. The van der Waals surface area contributed by atoms with Crippen LogP contribution < -0.4 is 21.3 Å². The molecule has 2 heterocycles. The van der Waals surface area contributed by atoms with E-state index >= 15 is 0 Å². The number of carboxylic acid groups (broad SMARTS) is 1. The topological polar surface area (TPSA) is 157 Å². The lowest BCUT2D eigenvalue weighted by Crippen LogP contribution is -2.53. The highest BCUT2D eigenvalue weighted by Gasteiger charge is 2.30. The number of rotatable bonds is 10. The third kappa shape index (κ3) is 9.16. The number of nitrogens with one attached hydrogen (secondary N) is 4. The van der Waals surface area contributed by atoms with Crippen molar-refractivity contribution in [2.24, 2.45) is 11.8 Å². The Morgan fingerprint density at radius 1 is 1.05 bits per heavy atom. The van der Waals surface area contributed by atoms with E-state index < -0.39 is 30.4 Å². The second-order valence-corrected chi connectivity index (χ2v) is 9.80. The normalized spacial score (nSPS) is 18.9. The van der Waals surface area contributed by atoms with Crippen LogP contribution in [0.25, 0.3) is 0 Å². The fraction of sp³-hybridized carbons (Fsp3) is 0.577. The minimum Gasteiger partial charge on any atom is -0.481 e. The molecule has 2 aliphatic heterocycles. The Kier molecular flexibility index (Phi) is 10.4. The van der Waals surface area contributed by atoms with Crippen LogP contribution in [0.1, 0.15) is 62.2 Å². The maximum Gasteiger partial charge on any atom is 0.307 e. The Labute approximate surface area is 216 Å². The van der Waals surface area contributed by atoms with Gasteiger partial charge in [-0.15, -0.1) is 0 Å². The number of carboxylic acids is 1. The Balaban J connectivity index is 1.53. The summed E-state index contributed by atoms with van der Waals surface area (Å²) in [6, 6.07) is 6.10. The van der Waals surface area contributed by atoms with Crippen molar-refractivity contribution in [1.29, 1.82) is 0 Å². The maximum atomic E-state index is 13.0. The van der Waals surface area contributed by atoms with Gasteiger partial charge in [-0.2, -0.15) is 0 Å². The third-order valence-electron chi connectivity index (χ3n) is 6.84. The number of benzene rings is 1. The summed E-state index contributed by atoms with van der Waals surface area (Å²) in [5.74, 6) is -2.23. The van der Waals surface area contributed by atoms with Crippen LogP contribution in [0.15, 0.2) is 24.3 Å². The molecule has 0 aliphatic carbocycles. The van der Waals surface area contributed by atoms with Gasteiger partial charge >= 0.3 is 5.97 Å². The smallest absolute Gasteiger partial charge is 0.307 e. The summed E-state index contributed by atoms with van der Waals surface area (Å²) in [6.45, 7) is 4.24. The van der Waals surface area contributed by atoms with Crippen molar-refractivity contribution in [2.45, 2.75) is 58.0 Å². The largest absolute Gasteiger partial charge is 0.481 e. The van der Waals surface area contributed by atoms with Gasteiger partial charge in [0, 0.05) is 37.7 Å². The fourth-order valence-electron chi connectivity index (χ4n) is 4.83. The molecule has 2 saturated heterocycles. The highest BCUT2D eigenvalue weighted by molar-refractivity contribution is 5.96. The molecular weight excluding hydrogens is 478 g/mol. The second-order valence-electron chi connectivity index (χ2n) is 9.80. The Bertz CT molecular complexity index is 976. The first kappa shape index (κ1) is 28.1. The third-order valence-corrected chi connectivity index (χ3v) is 6.84. The number of carbonyl (C=O) groups excluding carboxylic acids is 4. The number of likely N-dealkylation sites (tertiary alicyclic amines) is 1. The summed E-state index contributed by atoms with van der Waals surface area (Å²) >= 11 is 0. The molecular formula is C26H37N5O6. The van der Waals surface area contributed by atoms with Crippen molar-refractivity contribution in [3.8, 4) is 0 Å². The summed E-state index contributed by atoms with van der Waals surface area (Å²) in [4.78, 5) is 62.7. The molecule has 0 aromatic heterocycles. The van der Waals surface area contributed by atoms with Crippen LogP contribution in [0.3, 0.4) is 0 Å². The number of aliphatic carboxylic acids is 1. The minimum atomic E-state index is -1.18. The summed E-state index contributed by atoms with van der Waals surface area (Å²) in [6.07, 6.45) is 3.15. The van der Waals surface area contributed by atoms with Crippen molar-refractivity contribution in [1.82, 2.24) is 20.9 Å². The first-order valence-electron chi connectivity index (χ1n) is 12.9. The van der Waals surface area contributed by atoms with Crippen LogP contribution >= 0.6 is 0 Å². The standard InChI is InChI=1S/C26H37N5O6/c1-17(32)28-21-7-5-19(6-8-21)25(36)29-22(15-24(34)35)30-26(37)20-3-2-14-31(16-20)23(33)9-4-18-10-12-27-13-11-18/h5-8,18,20,22,27H,2-4,9-16H2,1H3,(H,28,32)(H,29,36)(H,30,37)(H,34,35)/t20-,22+/m1/s1. The number of carbonyl (C=O) groups is 5. The lowest BCUT2D eigenvalue weighted by atomic mass is 9.92. The number of hydrogen-bond donors (Lipinski definition) is 5. The quantitative estimate of drug-likeness (QED) is 0.294. The molecule has 0 unspecified atom stereocenters. The van der Waals surface area contributed by atoms with Crippen molar-refractivity contribution in [2.75, 3.05) is 31.5 Å². The van der Waals surface area contributed by atoms with E-state index in [0.717, 1.165) is 32.4 Å². The van der Waals surface area contributed by atoms with Crippen LogP contribution in [-0.4, -0.2) is 71.9 Å². The zero-order valence-corrected chi connectivity index (χ0v) is 21.3. The number of amides is 4. The predicted octanol–water partition coefficient (Wildman–Crippen LogP) is 1.31. The van der Waals surface area contributed by atoms with E-state index in [4.69, 9.17) is 0 Å². The monoisotopic (exact) mass is 515 g/mol. The number of nitrogens with zero attached hydrogens (tertiary/aromatic N) is 1. The van der Waals surface area contributed by atoms with Gasteiger partial charge in [0.05, 0.1) is 12.3 Å². The van der Waals surface area contributed by atoms with Gasteiger partial charge in [0.15, 0.2) is 0 Å². The van der Waals surface area contributed by atoms with Crippen LogP contribution in [0.5, 0.6) is 0 Å². The molecule has 0 saturated carbocycles. The molecule has 0 radical (unpaired) electrons. The Hall–Kier alpha value is -3.47. The molecule has 37 heavy (non-hydrogen) atoms. The zero-order valence-electron chi connectivity index (χ0n) is 21.3. The van der Waals surface area contributed by atoms with Crippen LogP contribution in [0, 0.1) is 11.8 Å². The van der Waals surface area contributed by atoms with E-state index in [-0.39, 0.29) is 29.8 Å². The molecule has 3 rings (SSSR count). The molecule has 0 spiro atoms. The van der Waals surface area contributed by atoms with Crippen molar-refractivity contribution in [3.63, 3.8) is 0 Å². The molecule has 1 aromatic carbocycles. The summed E-state index contributed by atoms with van der Waals surface area (Å²) in [5, 5.41) is 20.4. The van der Waals surface area contributed by atoms with Gasteiger partial charge < -0.3 is 31.3 Å². The summed E-state index contributed by atoms with van der Waals surface area (Å²) in [5.41, 5.74) is 0.772. The average Bonchev–Trinajstić information content (AvgIpc) is 2.87. The summed E-state index contributed by atoms with van der Waals surface area (Å²) in [7, 11) is 0. The first-order chi connectivity index (χ1) is 17.7. The predicted molar refractivity (Wildman–Crippen MR) is 137 cm³/mol. The molecule has 1 aromatic rings. The van der Waals surface area contributed by atoms with Gasteiger partial charge in [-0.05, 0) is 75.4 Å². The van der Waals surface area contributed by atoms with Crippen LogP contribution in [-0.2, 0) is 19.2 Å². The maximum absolute atomic E-state index is 13.0. The molecule has 2 aliphatic rings. The molecule has 2 fully saturated rings. The minimum absolute atomic E-state index is 0.0501. The van der Waals surface area contributed by atoms with E-state index in [0.29, 0.717) is 37.4 Å². The molecule has 202 valence electrons. The van der Waals surface area contributed by atoms with E-state index in [1.165, 1.54) is 19.1 Å². The fourth-order valence-corrected chi connectivity index (χ4v) is 4.83. The highest BCUT2D eigenvalue weighted by atomic mass is 16.4. The van der Waals surface area contributed by atoms with Gasteiger partial charge in [0.1, 0.15) is 6.17 Å². The van der Waals surface area contributed by atoms with Gasteiger partial charge in [-0.25, -0.2) is 0 Å². The zero-order chi connectivity index (χ0) is 26.8. The molecule has 11 heteroatoms. The number of hydrogen-bond acceptors (Lipinski definition) is 6. The highest BCUT2D eigenvalue weighted by Crippen LogP contribution is 2.22. The van der Waals surface area contributed by atoms with E-state index in [1.54, 1.807) is 17.0 Å². The van der Waals surface area contributed by atoms with E-state index in [9.17, 15) is 29.1 Å². The van der Waals surface area contributed by atoms with Crippen molar-refractivity contribution < 1.29 is 29.1 Å². The Morgan fingerprint density at radius 2 is 1.76 bits per heavy atom. The SMILES string of the molecule is CC(=O)Nc1ccc(C(=O)N[C@H](CC(=O)O)NC(=O)[C@@H]2CCCN(C(=O)CCC3CCNCC3)C2)cc1. The molecule has 5 N–H and O–H groups in total.